The standard InChI is InChI=1S/C50H54F3N5O4/c1-54(43(32-56-26-10-11-27-56)39-22-18-37(19-23-39)35-14-6-4-7-15-35)48(58-42-30-41(50(51,52)53)45(61-3)31-46(42)62-34-47(58)59)49(60)55(2)44(33-57-28-12-13-29-57)40-24-20-38(21-25-40)36-16-8-5-9-17-36/h4-9,14-25,30-31,43-44,48H,10-13,26-29,32-34H2,1-3H3. The molecule has 0 aromatic heterocycles. The summed E-state index contributed by atoms with van der Waals surface area (Å²) in [5.41, 5.74) is 4.81. The summed E-state index contributed by atoms with van der Waals surface area (Å²) in [5.74, 6) is -1.47. The number of likely N-dealkylation sites (tertiary alicyclic amines) is 2. The first-order valence-electron chi connectivity index (χ1n) is 21.5. The van der Waals surface area contributed by atoms with Crippen LogP contribution in [0, 0.1) is 0 Å². The van der Waals surface area contributed by atoms with Crippen molar-refractivity contribution in [1.82, 2.24) is 19.6 Å². The van der Waals surface area contributed by atoms with E-state index in [1.165, 1.54) is 4.90 Å². The summed E-state index contributed by atoms with van der Waals surface area (Å²) in [6, 6.07) is 37.7. The summed E-state index contributed by atoms with van der Waals surface area (Å²) < 4.78 is 55.1. The van der Waals surface area contributed by atoms with Gasteiger partial charge in [0.2, 0.25) is 0 Å². The highest BCUT2D eigenvalue weighted by Gasteiger charge is 2.46. The molecule has 12 heteroatoms. The molecule has 8 rings (SSSR count). The Morgan fingerprint density at radius 1 is 0.694 bits per heavy atom. The van der Waals surface area contributed by atoms with Crippen molar-refractivity contribution in [2.75, 3.05) is 72.0 Å². The fraction of sp³-hybridized carbons (Fsp3) is 0.360. The van der Waals surface area contributed by atoms with Crippen molar-refractivity contribution < 1.29 is 32.2 Å². The highest BCUT2D eigenvalue weighted by atomic mass is 19.4. The average molecular weight is 846 g/mol. The summed E-state index contributed by atoms with van der Waals surface area (Å²) in [6.45, 7) is 4.13. The first kappa shape index (κ1) is 43.0. The number of ether oxygens (including phenoxy) is 2. The summed E-state index contributed by atoms with van der Waals surface area (Å²) in [6.07, 6.45) is -2.02. The van der Waals surface area contributed by atoms with Crippen molar-refractivity contribution >= 4 is 17.5 Å². The number of anilines is 1. The number of amides is 2. The zero-order valence-corrected chi connectivity index (χ0v) is 35.6. The molecule has 0 radical (unpaired) electrons. The van der Waals surface area contributed by atoms with Crippen LogP contribution in [0.1, 0.15) is 54.5 Å². The van der Waals surface area contributed by atoms with Gasteiger partial charge in [-0.05, 0) is 98.4 Å². The second kappa shape index (κ2) is 18.7. The minimum absolute atomic E-state index is 0.0247. The minimum Gasteiger partial charge on any atom is -0.496 e. The van der Waals surface area contributed by atoms with Crippen molar-refractivity contribution in [2.45, 2.75) is 50.1 Å². The number of benzene rings is 5. The van der Waals surface area contributed by atoms with E-state index in [2.05, 4.69) is 58.3 Å². The van der Waals surface area contributed by atoms with Crippen LogP contribution in [0.4, 0.5) is 18.9 Å². The van der Waals surface area contributed by atoms with E-state index in [1.54, 1.807) is 11.9 Å². The first-order chi connectivity index (χ1) is 30.0. The van der Waals surface area contributed by atoms with Crippen molar-refractivity contribution in [3.05, 3.63) is 138 Å². The predicted molar refractivity (Wildman–Crippen MR) is 236 cm³/mol. The van der Waals surface area contributed by atoms with Gasteiger partial charge in [0.15, 0.2) is 12.8 Å². The van der Waals surface area contributed by atoms with Gasteiger partial charge >= 0.3 is 6.18 Å². The number of methoxy groups -OCH3 is 1. The first-order valence-corrected chi connectivity index (χ1v) is 21.5. The number of rotatable bonds is 14. The third-order valence-electron chi connectivity index (χ3n) is 12.7. The molecule has 5 aromatic carbocycles. The Labute approximate surface area is 362 Å². The van der Waals surface area contributed by atoms with E-state index in [9.17, 15) is 18.0 Å². The van der Waals surface area contributed by atoms with E-state index in [4.69, 9.17) is 9.47 Å². The van der Waals surface area contributed by atoms with Gasteiger partial charge in [0, 0.05) is 32.2 Å². The maximum absolute atomic E-state index is 15.8. The number of carbonyl (C=O) groups excluding carboxylic acids is 2. The molecule has 2 fully saturated rings. The van der Waals surface area contributed by atoms with Gasteiger partial charge in [-0.3, -0.25) is 19.4 Å². The summed E-state index contributed by atoms with van der Waals surface area (Å²) in [5, 5.41) is 0. The molecule has 3 heterocycles. The zero-order valence-electron chi connectivity index (χ0n) is 35.6. The van der Waals surface area contributed by atoms with Crippen LogP contribution in [-0.4, -0.2) is 105 Å². The number of hydrogen-bond acceptors (Lipinski definition) is 7. The van der Waals surface area contributed by atoms with Gasteiger partial charge in [0.05, 0.1) is 24.4 Å². The molecule has 3 atom stereocenters. The van der Waals surface area contributed by atoms with Gasteiger partial charge in [-0.15, -0.1) is 0 Å². The Bertz CT molecular complexity index is 2300. The maximum atomic E-state index is 15.8. The summed E-state index contributed by atoms with van der Waals surface area (Å²) >= 11 is 0. The minimum atomic E-state index is -4.82. The van der Waals surface area contributed by atoms with E-state index >= 15 is 4.79 Å². The van der Waals surface area contributed by atoms with Crippen LogP contribution in [0.15, 0.2) is 121 Å². The number of nitrogens with zero attached hydrogens (tertiary/aromatic N) is 5. The molecule has 2 amide bonds. The lowest BCUT2D eigenvalue weighted by Gasteiger charge is -2.45. The lowest BCUT2D eigenvalue weighted by Crippen LogP contribution is -2.62. The third-order valence-corrected chi connectivity index (χ3v) is 12.7. The lowest BCUT2D eigenvalue weighted by molar-refractivity contribution is -0.142. The van der Waals surface area contributed by atoms with Crippen molar-refractivity contribution in [2.24, 2.45) is 0 Å². The smallest absolute Gasteiger partial charge is 0.420 e. The highest BCUT2D eigenvalue weighted by molar-refractivity contribution is 6.04. The van der Waals surface area contributed by atoms with Crippen LogP contribution in [0.2, 0.25) is 0 Å². The van der Waals surface area contributed by atoms with Crippen LogP contribution in [0.25, 0.3) is 22.3 Å². The number of halogens is 3. The monoisotopic (exact) mass is 845 g/mol. The van der Waals surface area contributed by atoms with Gasteiger partial charge in [0.25, 0.3) is 11.8 Å². The Balaban J connectivity index is 1.24. The Kier molecular flexibility index (Phi) is 13.0. The Morgan fingerprint density at radius 3 is 1.65 bits per heavy atom. The summed E-state index contributed by atoms with van der Waals surface area (Å²) in [4.78, 5) is 39.7. The fourth-order valence-electron chi connectivity index (χ4n) is 9.23. The van der Waals surface area contributed by atoms with Gasteiger partial charge in [-0.1, -0.05) is 109 Å². The molecule has 324 valence electrons. The number of alkyl halides is 3. The van der Waals surface area contributed by atoms with E-state index in [1.807, 2.05) is 72.6 Å². The molecule has 9 nitrogen and oxygen atoms in total. The van der Waals surface area contributed by atoms with Gasteiger partial charge < -0.3 is 24.2 Å². The quantitative estimate of drug-likeness (QED) is 0.111. The second-order valence-electron chi connectivity index (χ2n) is 16.6. The molecule has 3 aliphatic heterocycles. The van der Waals surface area contributed by atoms with Crippen molar-refractivity contribution in [3.63, 3.8) is 0 Å². The zero-order chi connectivity index (χ0) is 43.4. The molecule has 2 saturated heterocycles. The maximum Gasteiger partial charge on any atom is 0.420 e. The van der Waals surface area contributed by atoms with Crippen molar-refractivity contribution in [3.8, 4) is 33.8 Å². The number of likely N-dealkylation sites (N-methyl/N-ethyl adjacent to an activating group) is 2. The van der Waals surface area contributed by atoms with Crippen molar-refractivity contribution in [1.29, 1.82) is 0 Å². The van der Waals surface area contributed by atoms with Gasteiger partial charge in [-0.2, -0.15) is 13.2 Å². The second-order valence-corrected chi connectivity index (χ2v) is 16.6. The normalized spacial score (nSPS) is 17.4. The molecule has 5 aromatic rings. The van der Waals surface area contributed by atoms with E-state index in [-0.39, 0.29) is 11.4 Å². The molecule has 62 heavy (non-hydrogen) atoms. The largest absolute Gasteiger partial charge is 0.496 e. The van der Waals surface area contributed by atoms with E-state index in [0.29, 0.717) is 13.1 Å². The predicted octanol–water partition coefficient (Wildman–Crippen LogP) is 9.16. The topological polar surface area (TPSA) is 68.8 Å². The van der Waals surface area contributed by atoms with Gasteiger partial charge in [0.1, 0.15) is 11.5 Å². The average Bonchev–Trinajstić information content (AvgIpc) is 4.03. The Hall–Kier alpha value is -5.69. The van der Waals surface area contributed by atoms with E-state index < -0.39 is 54.2 Å². The fourth-order valence-corrected chi connectivity index (χ4v) is 9.23. The molecule has 0 saturated carbocycles. The highest BCUT2D eigenvalue weighted by Crippen LogP contribution is 2.46. The number of carbonyl (C=O) groups is 2. The van der Waals surface area contributed by atoms with Crippen LogP contribution in [0.5, 0.6) is 11.5 Å². The lowest BCUT2D eigenvalue weighted by atomic mass is 9.98. The van der Waals surface area contributed by atoms with E-state index in [0.717, 1.165) is 104 Å². The van der Waals surface area contributed by atoms with Crippen LogP contribution >= 0.6 is 0 Å². The number of fused-ring (bicyclic) bond motifs is 1. The summed E-state index contributed by atoms with van der Waals surface area (Å²) in [7, 11) is 4.72. The molecular weight excluding hydrogens is 792 g/mol. The number of hydrogen-bond donors (Lipinski definition) is 0. The third kappa shape index (κ3) is 9.23. The molecule has 0 spiro atoms. The van der Waals surface area contributed by atoms with Crippen LogP contribution < -0.4 is 14.4 Å². The van der Waals surface area contributed by atoms with Crippen LogP contribution in [-0.2, 0) is 15.8 Å². The van der Waals surface area contributed by atoms with Crippen LogP contribution in [0.3, 0.4) is 0 Å². The Morgan fingerprint density at radius 2 is 1.16 bits per heavy atom. The molecule has 0 N–H and O–H groups in total. The molecular formula is C50H54F3N5O4. The molecule has 3 aliphatic rings. The molecule has 3 unspecified atom stereocenters. The van der Waals surface area contributed by atoms with Gasteiger partial charge in [-0.25, -0.2) is 0 Å². The SMILES string of the molecule is COc1cc2c(cc1C(F)(F)F)N(C(C(=O)N(C)C(CN1CCCC1)c1ccc(-c3ccccc3)cc1)N(C)C(CN1CCCC1)c1ccc(-c3ccccc3)cc1)C(=O)CO2. The molecule has 0 bridgehead atoms. The molecule has 0 aliphatic carbocycles.